The highest BCUT2D eigenvalue weighted by Crippen LogP contribution is 2.31. The molecule has 3 nitrogen and oxygen atoms in total. The van der Waals surface area contributed by atoms with E-state index in [1.807, 2.05) is 19.1 Å². The zero-order chi connectivity index (χ0) is 12.5. The minimum absolute atomic E-state index is 0.692. The van der Waals surface area contributed by atoms with Gasteiger partial charge in [-0.2, -0.15) is 0 Å². The van der Waals surface area contributed by atoms with Gasteiger partial charge < -0.3 is 5.11 Å². The molecule has 0 aliphatic carbocycles. The number of rotatable bonds is 3. The molecular formula is C14H19NO2. The summed E-state index contributed by atoms with van der Waals surface area (Å²) in [6.45, 7) is 5.51. The SMILES string of the molecule is Cc1ccccc1CN1CCCC1(C)C(=O)O. The van der Waals surface area contributed by atoms with Crippen LogP contribution in [0.15, 0.2) is 24.3 Å². The Morgan fingerprint density at radius 3 is 2.82 bits per heavy atom. The molecule has 1 aromatic rings. The number of hydrogen-bond acceptors (Lipinski definition) is 2. The second kappa shape index (κ2) is 4.49. The van der Waals surface area contributed by atoms with Crippen molar-refractivity contribution in [2.45, 2.75) is 38.8 Å². The van der Waals surface area contributed by atoms with Gasteiger partial charge >= 0.3 is 5.97 Å². The maximum absolute atomic E-state index is 11.4. The fourth-order valence-corrected chi connectivity index (χ4v) is 2.51. The first kappa shape index (κ1) is 12.1. The molecular weight excluding hydrogens is 214 g/mol. The van der Waals surface area contributed by atoms with Crippen molar-refractivity contribution in [2.75, 3.05) is 6.54 Å². The predicted octanol–water partition coefficient (Wildman–Crippen LogP) is 2.43. The molecule has 1 unspecified atom stereocenters. The fourth-order valence-electron chi connectivity index (χ4n) is 2.51. The van der Waals surface area contributed by atoms with Crippen LogP contribution in [0.25, 0.3) is 0 Å². The van der Waals surface area contributed by atoms with E-state index < -0.39 is 11.5 Å². The van der Waals surface area contributed by atoms with E-state index in [4.69, 9.17) is 0 Å². The zero-order valence-electron chi connectivity index (χ0n) is 10.4. The molecule has 1 N–H and O–H groups in total. The Morgan fingerprint density at radius 2 is 2.18 bits per heavy atom. The summed E-state index contributed by atoms with van der Waals surface area (Å²) in [5, 5.41) is 9.35. The minimum Gasteiger partial charge on any atom is -0.480 e. The summed E-state index contributed by atoms with van der Waals surface area (Å²) < 4.78 is 0. The molecule has 1 atom stereocenters. The number of aryl methyl sites for hydroxylation is 1. The number of benzene rings is 1. The van der Waals surface area contributed by atoms with E-state index in [0.717, 1.165) is 25.9 Å². The number of aliphatic carboxylic acids is 1. The van der Waals surface area contributed by atoms with Gasteiger partial charge in [0, 0.05) is 6.54 Å². The van der Waals surface area contributed by atoms with Crippen LogP contribution in [0.1, 0.15) is 30.9 Å². The highest BCUT2D eigenvalue weighted by molar-refractivity contribution is 5.78. The van der Waals surface area contributed by atoms with Crippen LogP contribution < -0.4 is 0 Å². The molecule has 1 saturated heterocycles. The molecule has 0 bridgehead atoms. The average Bonchev–Trinajstić information content (AvgIpc) is 2.65. The van der Waals surface area contributed by atoms with Crippen molar-refractivity contribution in [3.8, 4) is 0 Å². The van der Waals surface area contributed by atoms with Gasteiger partial charge in [0.1, 0.15) is 5.54 Å². The van der Waals surface area contributed by atoms with E-state index in [1.54, 1.807) is 0 Å². The van der Waals surface area contributed by atoms with Crippen LogP contribution in [0.3, 0.4) is 0 Å². The lowest BCUT2D eigenvalue weighted by Crippen LogP contribution is -2.47. The highest BCUT2D eigenvalue weighted by atomic mass is 16.4. The van der Waals surface area contributed by atoms with Crippen molar-refractivity contribution in [3.05, 3.63) is 35.4 Å². The van der Waals surface area contributed by atoms with E-state index in [9.17, 15) is 9.90 Å². The molecule has 0 saturated carbocycles. The Hall–Kier alpha value is -1.35. The highest BCUT2D eigenvalue weighted by Gasteiger charge is 2.43. The first-order chi connectivity index (χ1) is 8.04. The van der Waals surface area contributed by atoms with Crippen LogP contribution in [0.2, 0.25) is 0 Å². The lowest BCUT2D eigenvalue weighted by Gasteiger charge is -2.31. The molecule has 3 heteroatoms. The summed E-state index contributed by atoms with van der Waals surface area (Å²) in [7, 11) is 0. The molecule has 0 radical (unpaired) electrons. The Labute approximate surface area is 102 Å². The average molecular weight is 233 g/mol. The molecule has 92 valence electrons. The largest absolute Gasteiger partial charge is 0.480 e. The molecule has 1 aliphatic rings. The summed E-state index contributed by atoms with van der Waals surface area (Å²) in [5.41, 5.74) is 1.76. The quantitative estimate of drug-likeness (QED) is 0.871. The van der Waals surface area contributed by atoms with E-state index in [-0.39, 0.29) is 0 Å². The van der Waals surface area contributed by atoms with Gasteiger partial charge in [0.05, 0.1) is 0 Å². The summed E-state index contributed by atoms with van der Waals surface area (Å²) in [4.78, 5) is 13.4. The van der Waals surface area contributed by atoms with Crippen molar-refractivity contribution in [1.29, 1.82) is 0 Å². The molecule has 2 rings (SSSR count). The number of nitrogens with zero attached hydrogens (tertiary/aromatic N) is 1. The first-order valence-corrected chi connectivity index (χ1v) is 6.07. The Bertz CT molecular complexity index is 430. The van der Waals surface area contributed by atoms with E-state index >= 15 is 0 Å². The predicted molar refractivity (Wildman–Crippen MR) is 66.9 cm³/mol. The van der Waals surface area contributed by atoms with E-state index in [0.29, 0.717) is 0 Å². The third-order valence-corrected chi connectivity index (χ3v) is 3.87. The van der Waals surface area contributed by atoms with Crippen LogP contribution in [0.4, 0.5) is 0 Å². The van der Waals surface area contributed by atoms with Gasteiger partial charge in [-0.15, -0.1) is 0 Å². The van der Waals surface area contributed by atoms with Gasteiger partial charge in [-0.25, -0.2) is 0 Å². The van der Waals surface area contributed by atoms with Crippen molar-refractivity contribution in [1.82, 2.24) is 4.90 Å². The number of carboxylic acids is 1. The van der Waals surface area contributed by atoms with Crippen LogP contribution in [-0.4, -0.2) is 28.1 Å². The van der Waals surface area contributed by atoms with Gasteiger partial charge in [0.15, 0.2) is 0 Å². The number of carbonyl (C=O) groups is 1. The van der Waals surface area contributed by atoms with Crippen LogP contribution in [-0.2, 0) is 11.3 Å². The normalized spacial score (nSPS) is 25.1. The number of likely N-dealkylation sites (tertiary alicyclic amines) is 1. The minimum atomic E-state index is -0.705. The Balaban J connectivity index is 2.19. The third kappa shape index (κ3) is 2.20. The van der Waals surface area contributed by atoms with Crippen LogP contribution in [0, 0.1) is 6.92 Å². The van der Waals surface area contributed by atoms with Crippen molar-refractivity contribution in [2.24, 2.45) is 0 Å². The van der Waals surface area contributed by atoms with Gasteiger partial charge in [-0.1, -0.05) is 24.3 Å². The molecule has 1 fully saturated rings. The maximum Gasteiger partial charge on any atom is 0.323 e. The smallest absolute Gasteiger partial charge is 0.323 e. The molecule has 0 spiro atoms. The molecule has 17 heavy (non-hydrogen) atoms. The number of carboxylic acid groups (broad SMARTS) is 1. The Morgan fingerprint density at radius 1 is 1.47 bits per heavy atom. The van der Waals surface area contributed by atoms with Gasteiger partial charge in [0.2, 0.25) is 0 Å². The van der Waals surface area contributed by atoms with Gasteiger partial charge in [0.25, 0.3) is 0 Å². The lowest BCUT2D eigenvalue weighted by molar-refractivity contribution is -0.148. The third-order valence-electron chi connectivity index (χ3n) is 3.87. The van der Waals surface area contributed by atoms with Crippen molar-refractivity contribution in [3.63, 3.8) is 0 Å². The first-order valence-electron chi connectivity index (χ1n) is 6.07. The molecule has 1 heterocycles. The van der Waals surface area contributed by atoms with Crippen molar-refractivity contribution >= 4 is 5.97 Å². The second-order valence-electron chi connectivity index (χ2n) is 5.03. The van der Waals surface area contributed by atoms with E-state index in [2.05, 4.69) is 24.0 Å². The summed E-state index contributed by atoms with van der Waals surface area (Å²) in [6.07, 6.45) is 1.71. The second-order valence-corrected chi connectivity index (χ2v) is 5.03. The standard InChI is InChI=1S/C14H19NO2/c1-11-6-3-4-7-12(11)10-15-9-5-8-14(15,2)13(16)17/h3-4,6-7H,5,8-10H2,1-2H3,(H,16,17). The molecule has 0 aromatic heterocycles. The summed E-state index contributed by atoms with van der Waals surface area (Å²) in [6, 6.07) is 8.18. The topological polar surface area (TPSA) is 40.5 Å². The molecule has 1 aromatic carbocycles. The van der Waals surface area contributed by atoms with Crippen LogP contribution >= 0.6 is 0 Å². The summed E-state index contributed by atoms with van der Waals surface area (Å²) in [5.74, 6) is -0.705. The Kier molecular flexibility index (Phi) is 3.20. The molecule has 1 aliphatic heterocycles. The van der Waals surface area contributed by atoms with Gasteiger partial charge in [-0.3, -0.25) is 9.69 Å². The van der Waals surface area contributed by atoms with Crippen LogP contribution in [0.5, 0.6) is 0 Å². The van der Waals surface area contributed by atoms with E-state index in [1.165, 1.54) is 11.1 Å². The summed E-state index contributed by atoms with van der Waals surface area (Å²) >= 11 is 0. The molecule has 0 amide bonds. The van der Waals surface area contributed by atoms with Crippen molar-refractivity contribution < 1.29 is 9.90 Å². The fraction of sp³-hybridized carbons (Fsp3) is 0.500. The zero-order valence-corrected chi connectivity index (χ0v) is 10.4. The lowest BCUT2D eigenvalue weighted by atomic mass is 9.98. The number of hydrogen-bond donors (Lipinski definition) is 1. The maximum atomic E-state index is 11.4. The van der Waals surface area contributed by atoms with Gasteiger partial charge in [-0.05, 0) is 44.4 Å². The monoisotopic (exact) mass is 233 g/mol.